The number of methoxy groups -OCH3 is 2. The van der Waals surface area contributed by atoms with E-state index in [0.29, 0.717) is 5.75 Å². The number of nitrogens with zero attached hydrogens (tertiary/aromatic N) is 1. The van der Waals surface area contributed by atoms with E-state index in [9.17, 15) is 23.1 Å². The zero-order chi connectivity index (χ0) is 19.3. The molecule has 0 aliphatic rings. The summed E-state index contributed by atoms with van der Waals surface area (Å²) in [6.45, 7) is 0. The van der Waals surface area contributed by atoms with Gasteiger partial charge in [0, 0.05) is 17.2 Å². The van der Waals surface area contributed by atoms with E-state index < -0.39 is 17.6 Å². The van der Waals surface area contributed by atoms with Crippen LogP contribution in [0.1, 0.15) is 21.5 Å². The minimum Gasteiger partial charge on any atom is -0.504 e. The lowest BCUT2D eigenvalue weighted by molar-refractivity contribution is -0.137. The molecule has 2 aromatic carbocycles. The minimum atomic E-state index is -4.55. The highest BCUT2D eigenvalue weighted by Gasteiger charge is 2.30. The Bertz CT molecular complexity index is 835. The molecule has 1 amide bonds. The van der Waals surface area contributed by atoms with Crippen LogP contribution in [0.25, 0.3) is 0 Å². The quantitative estimate of drug-likeness (QED) is 0.627. The predicted molar refractivity (Wildman–Crippen MR) is 87.7 cm³/mol. The molecular weight excluding hydrogens is 353 g/mol. The second-order valence-electron chi connectivity index (χ2n) is 5.05. The highest BCUT2D eigenvalue weighted by molar-refractivity contribution is 5.95. The lowest BCUT2D eigenvalue weighted by Gasteiger charge is -2.09. The monoisotopic (exact) mass is 368 g/mol. The highest BCUT2D eigenvalue weighted by Crippen LogP contribution is 2.33. The molecule has 0 heterocycles. The van der Waals surface area contributed by atoms with Gasteiger partial charge in [0.1, 0.15) is 5.75 Å². The molecule has 6 nitrogen and oxygen atoms in total. The third-order valence-electron chi connectivity index (χ3n) is 3.36. The number of hydrogen-bond donors (Lipinski definition) is 2. The first kappa shape index (κ1) is 19.1. The fourth-order valence-corrected chi connectivity index (χ4v) is 2.04. The minimum absolute atomic E-state index is 0.134. The molecule has 0 radical (unpaired) electrons. The maximum absolute atomic E-state index is 12.7. The maximum Gasteiger partial charge on any atom is 0.416 e. The van der Waals surface area contributed by atoms with Crippen LogP contribution in [-0.4, -0.2) is 31.4 Å². The Morgan fingerprint density at radius 3 is 2.54 bits per heavy atom. The summed E-state index contributed by atoms with van der Waals surface area (Å²) in [5.74, 6) is -0.549. The number of phenols is 1. The van der Waals surface area contributed by atoms with Gasteiger partial charge in [-0.2, -0.15) is 18.3 Å². The van der Waals surface area contributed by atoms with Crippen LogP contribution in [0, 0.1) is 0 Å². The Hall–Kier alpha value is -3.23. The van der Waals surface area contributed by atoms with E-state index in [2.05, 4.69) is 10.5 Å². The largest absolute Gasteiger partial charge is 0.504 e. The second kappa shape index (κ2) is 7.77. The Kier molecular flexibility index (Phi) is 5.71. The molecule has 138 valence electrons. The summed E-state index contributed by atoms with van der Waals surface area (Å²) in [7, 11) is 2.77. The smallest absolute Gasteiger partial charge is 0.416 e. The summed E-state index contributed by atoms with van der Waals surface area (Å²) < 4.78 is 48.1. The zero-order valence-electron chi connectivity index (χ0n) is 13.8. The summed E-state index contributed by atoms with van der Waals surface area (Å²) in [4.78, 5) is 11.9. The molecule has 0 aromatic heterocycles. The number of carbonyl (C=O) groups is 1. The fraction of sp³-hybridized carbons (Fsp3) is 0.176. The van der Waals surface area contributed by atoms with Gasteiger partial charge in [0.05, 0.1) is 26.0 Å². The van der Waals surface area contributed by atoms with Gasteiger partial charge in [-0.3, -0.25) is 4.79 Å². The van der Waals surface area contributed by atoms with E-state index >= 15 is 0 Å². The van der Waals surface area contributed by atoms with E-state index in [-0.39, 0.29) is 22.6 Å². The van der Waals surface area contributed by atoms with Gasteiger partial charge in [-0.25, -0.2) is 5.43 Å². The van der Waals surface area contributed by atoms with E-state index in [4.69, 9.17) is 9.47 Å². The highest BCUT2D eigenvalue weighted by atomic mass is 19.4. The second-order valence-corrected chi connectivity index (χ2v) is 5.05. The Morgan fingerprint density at radius 1 is 1.19 bits per heavy atom. The SMILES string of the molecule is COc1cc(/C=N/NC(=O)c2cccc(C(F)(F)F)c2)c(O)c(OC)c1. The van der Waals surface area contributed by atoms with Crippen LogP contribution in [0.15, 0.2) is 41.5 Å². The van der Waals surface area contributed by atoms with Crippen LogP contribution >= 0.6 is 0 Å². The average molecular weight is 368 g/mol. The number of benzene rings is 2. The number of halogens is 3. The molecule has 0 atom stereocenters. The fourth-order valence-electron chi connectivity index (χ4n) is 2.04. The average Bonchev–Trinajstić information content (AvgIpc) is 2.62. The lowest BCUT2D eigenvalue weighted by Crippen LogP contribution is -2.18. The van der Waals surface area contributed by atoms with Crippen LogP contribution in [0.5, 0.6) is 17.2 Å². The lowest BCUT2D eigenvalue weighted by atomic mass is 10.1. The van der Waals surface area contributed by atoms with E-state index in [1.807, 2.05) is 0 Å². The molecule has 0 aliphatic heterocycles. The van der Waals surface area contributed by atoms with Crippen molar-refractivity contribution in [1.82, 2.24) is 5.43 Å². The number of nitrogens with one attached hydrogen (secondary N) is 1. The topological polar surface area (TPSA) is 80.2 Å². The molecule has 0 saturated carbocycles. The van der Waals surface area contributed by atoms with Crippen molar-refractivity contribution in [3.63, 3.8) is 0 Å². The molecule has 0 saturated heterocycles. The molecule has 0 fully saturated rings. The summed E-state index contributed by atoms with van der Waals surface area (Å²) in [6.07, 6.45) is -3.44. The van der Waals surface area contributed by atoms with E-state index in [0.717, 1.165) is 24.4 Å². The van der Waals surface area contributed by atoms with Gasteiger partial charge in [0.2, 0.25) is 0 Å². The summed E-state index contributed by atoms with van der Waals surface area (Å²) >= 11 is 0. The summed E-state index contributed by atoms with van der Waals surface area (Å²) in [5.41, 5.74) is 1.14. The standard InChI is InChI=1S/C17H15F3N2O4/c1-25-13-7-11(15(23)14(8-13)26-2)9-21-22-16(24)10-4-3-5-12(6-10)17(18,19)20/h3-9,23H,1-2H3,(H,22,24)/b21-9+. The molecule has 26 heavy (non-hydrogen) atoms. The molecule has 2 rings (SSSR count). The molecule has 0 bridgehead atoms. The Labute approximate surface area is 146 Å². The first-order valence-corrected chi connectivity index (χ1v) is 7.22. The van der Waals surface area contributed by atoms with Crippen molar-refractivity contribution in [2.75, 3.05) is 14.2 Å². The maximum atomic E-state index is 12.7. The molecule has 0 unspecified atom stereocenters. The molecule has 0 aliphatic carbocycles. The molecule has 2 aromatic rings. The summed E-state index contributed by atoms with van der Waals surface area (Å²) in [6, 6.07) is 6.83. The first-order valence-electron chi connectivity index (χ1n) is 7.22. The van der Waals surface area contributed by atoms with Crippen molar-refractivity contribution in [1.29, 1.82) is 0 Å². The van der Waals surface area contributed by atoms with Crippen molar-refractivity contribution in [2.45, 2.75) is 6.18 Å². The number of hydrogen-bond acceptors (Lipinski definition) is 5. The number of aromatic hydroxyl groups is 1. The number of alkyl halides is 3. The zero-order valence-corrected chi connectivity index (χ0v) is 13.8. The van der Waals surface area contributed by atoms with Gasteiger partial charge < -0.3 is 14.6 Å². The molecule has 0 spiro atoms. The first-order chi connectivity index (χ1) is 12.3. The Balaban J connectivity index is 2.17. The van der Waals surface area contributed by atoms with E-state index in [1.165, 1.54) is 32.4 Å². The number of ether oxygens (including phenoxy) is 2. The van der Waals surface area contributed by atoms with Crippen molar-refractivity contribution in [3.05, 3.63) is 53.1 Å². The number of phenolic OH excluding ortho intramolecular Hbond substituents is 1. The third-order valence-corrected chi connectivity index (χ3v) is 3.36. The van der Waals surface area contributed by atoms with Gasteiger partial charge in [0.15, 0.2) is 11.5 Å². The number of amides is 1. The van der Waals surface area contributed by atoms with Crippen molar-refractivity contribution in [3.8, 4) is 17.2 Å². The predicted octanol–water partition coefficient (Wildman–Crippen LogP) is 3.19. The van der Waals surface area contributed by atoms with Crippen LogP contribution < -0.4 is 14.9 Å². The van der Waals surface area contributed by atoms with Gasteiger partial charge in [-0.05, 0) is 24.3 Å². The van der Waals surface area contributed by atoms with Crippen molar-refractivity contribution >= 4 is 12.1 Å². The normalized spacial score (nSPS) is 11.4. The van der Waals surface area contributed by atoms with Crippen molar-refractivity contribution < 1.29 is 32.5 Å². The molecule has 9 heteroatoms. The van der Waals surface area contributed by atoms with Gasteiger partial charge in [0.25, 0.3) is 5.91 Å². The molecule has 2 N–H and O–H groups in total. The number of carbonyl (C=O) groups excluding carboxylic acids is 1. The van der Waals surface area contributed by atoms with Crippen LogP contribution in [0.4, 0.5) is 13.2 Å². The van der Waals surface area contributed by atoms with Crippen LogP contribution in [0.2, 0.25) is 0 Å². The number of rotatable bonds is 5. The Morgan fingerprint density at radius 2 is 1.92 bits per heavy atom. The summed E-state index contributed by atoms with van der Waals surface area (Å²) in [5, 5.41) is 13.7. The number of hydrazone groups is 1. The van der Waals surface area contributed by atoms with Gasteiger partial charge in [-0.1, -0.05) is 6.07 Å². The van der Waals surface area contributed by atoms with Crippen LogP contribution in [-0.2, 0) is 6.18 Å². The van der Waals surface area contributed by atoms with Gasteiger partial charge >= 0.3 is 6.18 Å². The van der Waals surface area contributed by atoms with Crippen LogP contribution in [0.3, 0.4) is 0 Å². The van der Waals surface area contributed by atoms with Crippen molar-refractivity contribution in [2.24, 2.45) is 5.10 Å². The molecular formula is C17H15F3N2O4. The van der Waals surface area contributed by atoms with E-state index in [1.54, 1.807) is 0 Å². The third kappa shape index (κ3) is 4.44. The van der Waals surface area contributed by atoms with Gasteiger partial charge in [-0.15, -0.1) is 0 Å².